The quantitative estimate of drug-likeness (QED) is 0.127. The summed E-state index contributed by atoms with van der Waals surface area (Å²) < 4.78 is 0. The number of aryl methyl sites for hydroxylation is 3. The summed E-state index contributed by atoms with van der Waals surface area (Å²) >= 11 is 0. The molecular formula is C75H54N8. The molecule has 8 heteroatoms. The Kier molecular flexibility index (Phi) is 13.1. The van der Waals surface area contributed by atoms with Crippen LogP contribution >= 0.6 is 0 Å². The van der Waals surface area contributed by atoms with E-state index in [1.165, 1.54) is 5.56 Å². The third-order valence-electron chi connectivity index (χ3n) is 15.3. The maximum atomic E-state index is 5.73. The Balaban J connectivity index is 1.10. The number of para-hydroxylation sites is 4. The van der Waals surface area contributed by atoms with Gasteiger partial charge >= 0.3 is 0 Å². The molecule has 8 nitrogen and oxygen atoms in total. The topological polar surface area (TPSA) is 83.8 Å². The molecule has 394 valence electrons. The summed E-state index contributed by atoms with van der Waals surface area (Å²) in [5.74, 6) is 2.56. The predicted molar refractivity (Wildman–Crippen MR) is 339 cm³/mol. The molecule has 13 aromatic rings. The van der Waals surface area contributed by atoms with Crippen LogP contribution in [0.15, 0.2) is 273 Å². The fourth-order valence-electron chi connectivity index (χ4n) is 11.7. The molecule has 0 unspecified atom stereocenters. The first-order chi connectivity index (χ1) is 40.9. The molecule has 4 heterocycles. The van der Waals surface area contributed by atoms with E-state index in [1.807, 2.05) is 60.7 Å². The van der Waals surface area contributed by atoms with Crippen molar-refractivity contribution in [3.05, 3.63) is 290 Å². The van der Waals surface area contributed by atoms with Crippen LogP contribution in [0.3, 0.4) is 0 Å². The maximum absolute atomic E-state index is 5.73. The second-order valence-corrected chi connectivity index (χ2v) is 20.9. The normalized spacial score (nSPS) is 11.7. The lowest BCUT2D eigenvalue weighted by Crippen LogP contribution is -2.25. The van der Waals surface area contributed by atoms with Gasteiger partial charge in [-0.15, -0.1) is 0 Å². The van der Waals surface area contributed by atoms with Crippen LogP contribution in [-0.4, -0.2) is 29.9 Å². The summed E-state index contributed by atoms with van der Waals surface area (Å²) in [5.41, 5.74) is 21.6. The molecule has 1 aliphatic heterocycles. The molecule has 0 saturated heterocycles. The molecule has 3 aromatic heterocycles. The molecule has 0 radical (unpaired) electrons. The van der Waals surface area contributed by atoms with Gasteiger partial charge in [0.25, 0.3) is 0 Å². The maximum Gasteiger partial charge on any atom is 0.162 e. The fourth-order valence-corrected chi connectivity index (χ4v) is 11.7. The number of hydrogen-bond acceptors (Lipinski definition) is 8. The molecule has 0 fully saturated rings. The van der Waals surface area contributed by atoms with E-state index in [0.29, 0.717) is 17.5 Å². The number of anilines is 6. The SMILES string of the molecule is Cc1cc(C)c(-c2c(-c3nc(-c4ccccc4)cc(-c4ccccc4)n3)ccc(N3c4ccccc4N(c4cc(-c5ccccc5)nc(-c5ccccc5)n4)c4ccccc43)c2-c2cc(-c3ccccc3)nc(-c3ccccc3)n2)c(C)c1. The summed E-state index contributed by atoms with van der Waals surface area (Å²) in [6, 6.07) is 94.7. The van der Waals surface area contributed by atoms with Crippen molar-refractivity contribution in [3.8, 4) is 102 Å². The van der Waals surface area contributed by atoms with Gasteiger partial charge < -0.3 is 4.90 Å². The number of rotatable bonds is 11. The predicted octanol–water partition coefficient (Wildman–Crippen LogP) is 19.2. The molecule has 0 aliphatic carbocycles. The third-order valence-corrected chi connectivity index (χ3v) is 15.3. The first kappa shape index (κ1) is 50.3. The van der Waals surface area contributed by atoms with Crippen molar-refractivity contribution in [2.75, 3.05) is 9.80 Å². The zero-order chi connectivity index (χ0) is 55.8. The van der Waals surface area contributed by atoms with Gasteiger partial charge in [-0.25, -0.2) is 29.9 Å². The molecule has 10 aromatic carbocycles. The zero-order valence-corrected chi connectivity index (χ0v) is 46.1. The zero-order valence-electron chi connectivity index (χ0n) is 46.1. The Labute approximate surface area is 483 Å². The van der Waals surface area contributed by atoms with E-state index < -0.39 is 0 Å². The lowest BCUT2D eigenvalue weighted by atomic mass is 9.84. The van der Waals surface area contributed by atoms with Crippen LogP contribution in [0.4, 0.5) is 34.3 Å². The smallest absolute Gasteiger partial charge is 0.162 e. The van der Waals surface area contributed by atoms with E-state index in [0.717, 1.165) is 129 Å². The van der Waals surface area contributed by atoms with Gasteiger partial charge in [0.05, 0.1) is 56.9 Å². The van der Waals surface area contributed by atoms with Crippen LogP contribution < -0.4 is 9.80 Å². The van der Waals surface area contributed by atoms with Crippen LogP contribution in [0.25, 0.3) is 102 Å². The Morgan fingerprint density at radius 2 is 0.578 bits per heavy atom. The van der Waals surface area contributed by atoms with Crippen LogP contribution in [-0.2, 0) is 0 Å². The van der Waals surface area contributed by atoms with Crippen molar-refractivity contribution in [2.24, 2.45) is 0 Å². The van der Waals surface area contributed by atoms with E-state index in [4.69, 9.17) is 29.9 Å². The second-order valence-electron chi connectivity index (χ2n) is 20.9. The van der Waals surface area contributed by atoms with Gasteiger partial charge in [-0.2, -0.15) is 0 Å². The van der Waals surface area contributed by atoms with Gasteiger partial charge in [0, 0.05) is 56.1 Å². The molecule has 0 spiro atoms. The summed E-state index contributed by atoms with van der Waals surface area (Å²) in [5, 5.41) is 0. The second kappa shape index (κ2) is 21.6. The monoisotopic (exact) mass is 1070 g/mol. The summed E-state index contributed by atoms with van der Waals surface area (Å²) in [6.07, 6.45) is 0. The molecule has 0 atom stereocenters. The lowest BCUT2D eigenvalue weighted by molar-refractivity contribution is 1.09. The number of hydrogen-bond donors (Lipinski definition) is 0. The molecule has 0 saturated carbocycles. The minimum atomic E-state index is 0.589. The van der Waals surface area contributed by atoms with Gasteiger partial charge in [-0.1, -0.05) is 224 Å². The average molecular weight is 1070 g/mol. The van der Waals surface area contributed by atoms with Gasteiger partial charge in [-0.3, -0.25) is 4.90 Å². The standard InChI is InChI=1S/C75H54N8/c1-49-44-50(2)70(51(3)45-49)71-58(75-78-59(52-26-10-4-11-27-52)46-60(79-75)53-28-12-5-13-29-53)42-43-68(72(71)63-47-61(54-30-14-6-15-31-54)76-73(80-63)56-34-18-8-19-35-56)82-64-38-22-24-40-66(64)83(67-41-25-23-39-65(67)82)69-48-62(55-32-16-7-17-33-55)77-74(81-69)57-36-20-9-21-37-57/h4-48H,1-3H3. The minimum Gasteiger partial charge on any atom is -0.306 e. The largest absolute Gasteiger partial charge is 0.306 e. The minimum absolute atomic E-state index is 0.589. The van der Waals surface area contributed by atoms with Gasteiger partial charge in [0.15, 0.2) is 17.5 Å². The van der Waals surface area contributed by atoms with E-state index in [2.05, 4.69) is 243 Å². The Morgan fingerprint density at radius 3 is 1.01 bits per heavy atom. The third kappa shape index (κ3) is 9.58. The highest BCUT2D eigenvalue weighted by molar-refractivity contribution is 6.08. The van der Waals surface area contributed by atoms with E-state index in [-0.39, 0.29) is 0 Å². The van der Waals surface area contributed by atoms with Crippen molar-refractivity contribution < 1.29 is 0 Å². The van der Waals surface area contributed by atoms with Crippen LogP contribution in [0.2, 0.25) is 0 Å². The van der Waals surface area contributed by atoms with Gasteiger partial charge in [0.1, 0.15) is 5.82 Å². The van der Waals surface area contributed by atoms with Crippen LogP contribution in [0, 0.1) is 20.8 Å². The average Bonchev–Trinajstić information content (AvgIpc) is 3.10. The summed E-state index contributed by atoms with van der Waals surface area (Å²) in [7, 11) is 0. The highest BCUT2D eigenvalue weighted by atomic mass is 15.3. The molecule has 0 N–H and O–H groups in total. The van der Waals surface area contributed by atoms with Crippen LogP contribution in [0.1, 0.15) is 16.7 Å². The van der Waals surface area contributed by atoms with E-state index >= 15 is 0 Å². The van der Waals surface area contributed by atoms with Crippen LogP contribution in [0.5, 0.6) is 0 Å². The number of benzene rings is 10. The fraction of sp³-hybridized carbons (Fsp3) is 0.0400. The summed E-state index contributed by atoms with van der Waals surface area (Å²) in [6.45, 7) is 6.60. The highest BCUT2D eigenvalue weighted by Gasteiger charge is 2.35. The summed E-state index contributed by atoms with van der Waals surface area (Å²) in [4.78, 5) is 37.6. The Hall–Kier alpha value is -11.0. The number of fused-ring (bicyclic) bond motifs is 2. The Morgan fingerprint density at radius 1 is 0.241 bits per heavy atom. The van der Waals surface area contributed by atoms with E-state index in [1.54, 1.807) is 0 Å². The van der Waals surface area contributed by atoms with Crippen molar-refractivity contribution >= 4 is 34.3 Å². The molecule has 0 bridgehead atoms. The molecule has 0 amide bonds. The van der Waals surface area contributed by atoms with Gasteiger partial charge in [-0.05, 0) is 86.0 Å². The van der Waals surface area contributed by atoms with Crippen molar-refractivity contribution in [3.63, 3.8) is 0 Å². The number of aromatic nitrogens is 6. The first-order valence-electron chi connectivity index (χ1n) is 27.9. The molecule has 14 rings (SSSR count). The highest BCUT2D eigenvalue weighted by Crippen LogP contribution is 2.58. The number of nitrogens with zero attached hydrogens (tertiary/aromatic N) is 8. The molecule has 83 heavy (non-hydrogen) atoms. The lowest BCUT2D eigenvalue weighted by Gasteiger charge is -2.41. The van der Waals surface area contributed by atoms with Gasteiger partial charge in [0.2, 0.25) is 0 Å². The first-order valence-corrected chi connectivity index (χ1v) is 27.9. The van der Waals surface area contributed by atoms with Crippen molar-refractivity contribution in [2.45, 2.75) is 20.8 Å². The molecular weight excluding hydrogens is 1010 g/mol. The van der Waals surface area contributed by atoms with E-state index in [9.17, 15) is 0 Å². The van der Waals surface area contributed by atoms with Crippen molar-refractivity contribution in [1.82, 2.24) is 29.9 Å². The Bertz CT molecular complexity index is 4280. The van der Waals surface area contributed by atoms with Crippen molar-refractivity contribution in [1.29, 1.82) is 0 Å². The molecule has 1 aliphatic rings.